The second-order valence-electron chi connectivity index (χ2n) is 24.3. The molecule has 0 spiro atoms. The van der Waals surface area contributed by atoms with Gasteiger partial charge in [-0.15, -0.1) is 0 Å². The topological polar surface area (TPSA) is 237 Å². The molecular formula is C64H124O17P2. The summed E-state index contributed by atoms with van der Waals surface area (Å²) in [6.07, 6.45) is 36.3. The largest absolute Gasteiger partial charge is 0.472 e. The predicted molar refractivity (Wildman–Crippen MR) is 331 cm³/mol. The molecule has 0 radical (unpaired) electrons. The van der Waals surface area contributed by atoms with Gasteiger partial charge in [0.1, 0.15) is 19.3 Å². The van der Waals surface area contributed by atoms with E-state index in [4.69, 9.17) is 37.0 Å². The SMILES string of the molecule is CCCCCCCCCCCCCCC(=O)O[C@H](COC(=O)CCCCCCCCCCC(C)C)COP(=O)(O)OC[C@@H](O)COP(=O)(O)OC[C@@H](COC(=O)CCCCCCCCC(C)CC)OC(=O)CCCCCCCCCC(C)C. The monoisotopic (exact) mass is 1230 g/mol. The Balaban J connectivity index is 5.26. The number of carbonyl (C=O) groups excluding carboxylic acids is 4. The van der Waals surface area contributed by atoms with E-state index in [1.165, 1.54) is 116 Å². The van der Waals surface area contributed by atoms with Crippen molar-refractivity contribution in [3.05, 3.63) is 0 Å². The van der Waals surface area contributed by atoms with Crippen LogP contribution in [0.15, 0.2) is 0 Å². The minimum Gasteiger partial charge on any atom is -0.462 e. The highest BCUT2D eigenvalue weighted by atomic mass is 31.2. The summed E-state index contributed by atoms with van der Waals surface area (Å²) in [6.45, 7) is 11.7. The molecule has 0 amide bonds. The average Bonchev–Trinajstić information content (AvgIpc) is 3.45. The molecule has 83 heavy (non-hydrogen) atoms. The molecule has 0 fully saturated rings. The van der Waals surface area contributed by atoms with Crippen LogP contribution in [0.4, 0.5) is 0 Å². The van der Waals surface area contributed by atoms with Crippen LogP contribution in [-0.4, -0.2) is 96.7 Å². The number of aliphatic hydroxyl groups excluding tert-OH is 1. The van der Waals surface area contributed by atoms with Crippen molar-refractivity contribution in [2.45, 2.75) is 330 Å². The van der Waals surface area contributed by atoms with Gasteiger partial charge in [0.05, 0.1) is 26.4 Å². The van der Waals surface area contributed by atoms with Gasteiger partial charge in [0.15, 0.2) is 12.2 Å². The summed E-state index contributed by atoms with van der Waals surface area (Å²) in [5.74, 6) is 0.0152. The fourth-order valence-electron chi connectivity index (χ4n) is 9.45. The van der Waals surface area contributed by atoms with Crippen molar-refractivity contribution < 1.29 is 80.2 Å². The number of unbranched alkanes of at least 4 members (excludes halogenated alkanes) is 29. The van der Waals surface area contributed by atoms with Gasteiger partial charge < -0.3 is 33.8 Å². The van der Waals surface area contributed by atoms with Crippen LogP contribution in [0.2, 0.25) is 0 Å². The Bertz CT molecular complexity index is 1650. The van der Waals surface area contributed by atoms with Gasteiger partial charge in [-0.3, -0.25) is 37.3 Å². The fourth-order valence-corrected chi connectivity index (χ4v) is 11.0. The highest BCUT2D eigenvalue weighted by molar-refractivity contribution is 7.47. The van der Waals surface area contributed by atoms with Crippen LogP contribution in [0, 0.1) is 17.8 Å². The van der Waals surface area contributed by atoms with Gasteiger partial charge in [-0.1, -0.05) is 260 Å². The summed E-state index contributed by atoms with van der Waals surface area (Å²) in [5.41, 5.74) is 0. The van der Waals surface area contributed by atoms with Crippen LogP contribution in [0.1, 0.15) is 312 Å². The first-order valence-electron chi connectivity index (χ1n) is 33.4. The Morgan fingerprint density at radius 2 is 0.614 bits per heavy atom. The number of rotatable bonds is 62. The molecule has 0 saturated heterocycles. The number of phosphoric ester groups is 2. The lowest BCUT2D eigenvalue weighted by atomic mass is 10.00. The van der Waals surface area contributed by atoms with Gasteiger partial charge in [-0.25, -0.2) is 9.13 Å². The van der Waals surface area contributed by atoms with Gasteiger partial charge in [0.25, 0.3) is 0 Å². The Morgan fingerprint density at radius 1 is 0.349 bits per heavy atom. The van der Waals surface area contributed by atoms with Gasteiger partial charge in [0.2, 0.25) is 0 Å². The van der Waals surface area contributed by atoms with Crippen LogP contribution in [0.5, 0.6) is 0 Å². The highest BCUT2D eigenvalue weighted by Gasteiger charge is 2.30. The van der Waals surface area contributed by atoms with E-state index in [1.54, 1.807) is 0 Å². The fraction of sp³-hybridized carbons (Fsp3) is 0.938. The average molecular weight is 1230 g/mol. The Morgan fingerprint density at radius 3 is 0.916 bits per heavy atom. The van der Waals surface area contributed by atoms with E-state index in [2.05, 4.69) is 48.5 Å². The number of carbonyl (C=O) groups is 4. The van der Waals surface area contributed by atoms with E-state index >= 15 is 0 Å². The van der Waals surface area contributed by atoms with E-state index in [0.29, 0.717) is 31.6 Å². The maximum Gasteiger partial charge on any atom is 0.472 e. The Labute approximate surface area is 505 Å². The quantitative estimate of drug-likeness (QED) is 0.0222. The third-order valence-electron chi connectivity index (χ3n) is 15.0. The van der Waals surface area contributed by atoms with Gasteiger partial charge in [-0.05, 0) is 43.4 Å². The minimum atomic E-state index is -4.94. The molecule has 0 bridgehead atoms. The van der Waals surface area contributed by atoms with Crippen LogP contribution >= 0.6 is 15.6 Å². The standard InChI is InChI=1S/C64H124O17P2/c1-8-10-11-12-13-14-15-16-17-24-33-40-47-63(68)80-59(51-74-61(66)45-38-31-23-19-18-21-28-35-42-55(3)4)53-78-82(70,71)76-49-58(65)50-77-83(72,73)79-54-60(81-64(69)48-41-34-25-20-22-29-36-43-56(5)6)52-75-62(67)46-39-32-27-26-30-37-44-57(7)9-2/h55-60,65H,8-54H2,1-7H3,(H,70,71)(H,72,73)/t57?,58-,59-,60-/m1/s1. The molecule has 17 nitrogen and oxygen atoms in total. The zero-order valence-corrected chi connectivity index (χ0v) is 55.4. The summed E-state index contributed by atoms with van der Waals surface area (Å²) < 4.78 is 68.0. The summed E-state index contributed by atoms with van der Waals surface area (Å²) in [5, 5.41) is 10.5. The van der Waals surface area contributed by atoms with E-state index < -0.39 is 97.5 Å². The number of hydrogen-bond acceptors (Lipinski definition) is 15. The molecule has 3 unspecified atom stereocenters. The summed E-state index contributed by atoms with van der Waals surface area (Å²) in [6, 6.07) is 0. The van der Waals surface area contributed by atoms with Crippen molar-refractivity contribution in [1.82, 2.24) is 0 Å². The zero-order valence-electron chi connectivity index (χ0n) is 53.6. The van der Waals surface area contributed by atoms with E-state index in [0.717, 1.165) is 108 Å². The Hall–Kier alpha value is -1.94. The smallest absolute Gasteiger partial charge is 0.462 e. The number of hydrogen-bond donors (Lipinski definition) is 3. The number of esters is 4. The molecule has 6 atom stereocenters. The van der Waals surface area contributed by atoms with Crippen molar-refractivity contribution in [1.29, 1.82) is 0 Å². The van der Waals surface area contributed by atoms with Crippen LogP contribution in [0.3, 0.4) is 0 Å². The third kappa shape index (κ3) is 57.6. The third-order valence-corrected chi connectivity index (χ3v) is 16.9. The molecule has 0 aliphatic carbocycles. The zero-order chi connectivity index (χ0) is 61.7. The molecular weight excluding hydrogens is 1100 g/mol. The first-order chi connectivity index (χ1) is 39.8. The van der Waals surface area contributed by atoms with Gasteiger partial charge >= 0.3 is 39.5 Å². The first-order valence-corrected chi connectivity index (χ1v) is 36.4. The van der Waals surface area contributed by atoms with Crippen molar-refractivity contribution >= 4 is 39.5 Å². The van der Waals surface area contributed by atoms with Gasteiger partial charge in [0, 0.05) is 25.7 Å². The van der Waals surface area contributed by atoms with Crippen molar-refractivity contribution in [3.8, 4) is 0 Å². The van der Waals surface area contributed by atoms with Crippen LogP contribution in [0.25, 0.3) is 0 Å². The summed E-state index contributed by atoms with van der Waals surface area (Å²) in [4.78, 5) is 72.2. The van der Waals surface area contributed by atoms with Gasteiger partial charge in [-0.2, -0.15) is 0 Å². The molecule has 0 aliphatic rings. The van der Waals surface area contributed by atoms with Crippen molar-refractivity contribution in [2.24, 2.45) is 17.8 Å². The van der Waals surface area contributed by atoms with Crippen molar-refractivity contribution in [3.63, 3.8) is 0 Å². The number of phosphoric acid groups is 2. The molecule has 0 aromatic rings. The molecule has 0 aromatic carbocycles. The molecule has 0 aliphatic heterocycles. The minimum absolute atomic E-state index is 0.102. The molecule has 3 N–H and O–H groups in total. The van der Waals surface area contributed by atoms with Crippen LogP contribution < -0.4 is 0 Å². The lowest BCUT2D eigenvalue weighted by Crippen LogP contribution is -2.30. The second-order valence-corrected chi connectivity index (χ2v) is 27.3. The maximum atomic E-state index is 13.0. The van der Waals surface area contributed by atoms with Crippen molar-refractivity contribution in [2.75, 3.05) is 39.6 Å². The van der Waals surface area contributed by atoms with Crippen LogP contribution in [-0.2, 0) is 65.4 Å². The second kappa shape index (κ2) is 55.4. The molecule has 19 heteroatoms. The lowest BCUT2D eigenvalue weighted by Gasteiger charge is -2.21. The molecule has 492 valence electrons. The normalized spacial score (nSPS) is 14.7. The predicted octanol–water partition coefficient (Wildman–Crippen LogP) is 17.5. The number of aliphatic hydroxyl groups is 1. The number of ether oxygens (including phenoxy) is 4. The lowest BCUT2D eigenvalue weighted by molar-refractivity contribution is -0.161. The molecule has 0 heterocycles. The summed E-state index contributed by atoms with van der Waals surface area (Å²) in [7, 11) is -9.89. The highest BCUT2D eigenvalue weighted by Crippen LogP contribution is 2.45. The summed E-state index contributed by atoms with van der Waals surface area (Å²) >= 11 is 0. The first kappa shape index (κ1) is 81.1. The maximum absolute atomic E-state index is 13.0. The van der Waals surface area contributed by atoms with E-state index in [-0.39, 0.29) is 25.7 Å². The molecule has 0 aromatic heterocycles. The van der Waals surface area contributed by atoms with E-state index in [9.17, 15) is 43.2 Å². The molecule has 0 rings (SSSR count). The van der Waals surface area contributed by atoms with E-state index in [1.807, 2.05) is 0 Å². The Kier molecular flexibility index (Phi) is 54.1. The molecule has 0 saturated carbocycles.